The van der Waals surface area contributed by atoms with Crippen molar-refractivity contribution >= 4 is 53.3 Å². The lowest BCUT2D eigenvalue weighted by molar-refractivity contribution is -0.424. The van der Waals surface area contributed by atoms with E-state index in [9.17, 15) is 42.3 Å². The van der Waals surface area contributed by atoms with Gasteiger partial charge >= 0.3 is 6.18 Å². The highest BCUT2D eigenvalue weighted by atomic mass is 19.4. The summed E-state index contributed by atoms with van der Waals surface area (Å²) in [6.45, 7) is 4.99. The number of carbonyl (C=O) groups is 5. The zero-order valence-electron chi connectivity index (χ0n) is 31.3. The lowest BCUT2D eigenvalue weighted by Gasteiger charge is -2.27. The van der Waals surface area contributed by atoms with Crippen LogP contribution < -0.4 is 31.8 Å². The van der Waals surface area contributed by atoms with E-state index in [0.717, 1.165) is 49.3 Å². The number of nitrogens with one attached hydrogen (secondary N) is 4. The Morgan fingerprint density at radius 3 is 2.46 bits per heavy atom. The lowest BCUT2D eigenvalue weighted by Crippen LogP contribution is -2.54. The number of pyridine rings is 1. The summed E-state index contributed by atoms with van der Waals surface area (Å²) in [6, 6.07) is 10.3. The first-order valence-corrected chi connectivity index (χ1v) is 18.8. The number of hydrogen-bond acceptors (Lipinski definition) is 10. The fourth-order valence-corrected chi connectivity index (χ4v) is 7.69. The lowest BCUT2D eigenvalue weighted by atomic mass is 9.82. The van der Waals surface area contributed by atoms with Gasteiger partial charge in [-0.15, -0.1) is 0 Å². The molecule has 298 valence electrons. The van der Waals surface area contributed by atoms with Crippen LogP contribution in [0.1, 0.15) is 94.8 Å². The Balaban J connectivity index is 0.910. The first-order valence-electron chi connectivity index (χ1n) is 18.8. The smallest absolute Gasteiger partial charge is 0.386 e. The molecule has 0 bridgehead atoms. The molecule has 1 aliphatic carbocycles. The second kappa shape index (κ2) is 15.6. The Labute approximate surface area is 324 Å². The molecule has 5 N–H and O–H groups in total. The number of aliphatic hydroxyl groups is 1. The Hall–Kier alpha value is -5.81. The summed E-state index contributed by atoms with van der Waals surface area (Å²) in [5.41, 5.74) is -1.47. The van der Waals surface area contributed by atoms with Gasteiger partial charge < -0.3 is 21.1 Å². The van der Waals surface area contributed by atoms with Crippen molar-refractivity contribution in [1.82, 2.24) is 20.5 Å². The number of benzene rings is 2. The minimum atomic E-state index is -4.71. The molecular formula is C40H42F3N8O6+. The van der Waals surface area contributed by atoms with E-state index >= 15 is 0 Å². The molecule has 4 aliphatic rings. The van der Waals surface area contributed by atoms with E-state index in [4.69, 9.17) is 0 Å². The molecule has 0 spiro atoms. The molecule has 5 amide bonds. The Morgan fingerprint density at radius 2 is 1.74 bits per heavy atom. The number of nitrogens with zero attached hydrogens (tertiary/aromatic N) is 4. The highest BCUT2D eigenvalue weighted by molar-refractivity contribution is 6.25. The molecule has 1 aromatic heterocycles. The van der Waals surface area contributed by atoms with Gasteiger partial charge in [-0.2, -0.15) is 13.2 Å². The number of hydrogen-bond donors (Lipinski definition) is 5. The molecule has 7 rings (SSSR count). The molecule has 1 unspecified atom stereocenters. The van der Waals surface area contributed by atoms with Gasteiger partial charge in [-0.3, -0.25) is 34.2 Å². The molecule has 3 aliphatic heterocycles. The van der Waals surface area contributed by atoms with E-state index in [1.807, 2.05) is 6.21 Å². The van der Waals surface area contributed by atoms with E-state index in [1.165, 1.54) is 6.07 Å². The molecule has 4 heterocycles. The van der Waals surface area contributed by atoms with E-state index in [2.05, 4.69) is 31.4 Å². The second-order valence-electron chi connectivity index (χ2n) is 15.2. The average molecular weight is 788 g/mol. The van der Waals surface area contributed by atoms with Crippen LogP contribution in [-0.4, -0.2) is 81.1 Å². The highest BCUT2D eigenvalue weighted by Gasteiger charge is 2.45. The first-order chi connectivity index (χ1) is 27.1. The van der Waals surface area contributed by atoms with E-state index in [0.29, 0.717) is 40.8 Å². The number of aromatic nitrogens is 1. The van der Waals surface area contributed by atoms with Gasteiger partial charge in [0.25, 0.3) is 17.7 Å². The predicted molar refractivity (Wildman–Crippen MR) is 200 cm³/mol. The summed E-state index contributed by atoms with van der Waals surface area (Å²) >= 11 is 0. The summed E-state index contributed by atoms with van der Waals surface area (Å²) in [5, 5.41) is 28.4. The van der Waals surface area contributed by atoms with Crippen molar-refractivity contribution in [3.05, 3.63) is 87.2 Å². The largest absolute Gasteiger partial charge is 0.433 e. The third-order valence-electron chi connectivity index (χ3n) is 10.6. The van der Waals surface area contributed by atoms with Crippen LogP contribution in [0.15, 0.2) is 53.6 Å². The zero-order chi connectivity index (χ0) is 40.6. The SMILES string of the molecule is CC(C)(O)c1cc2c(cc1NC(=O)c1cccc(C(F)(F)F)n1)=C/[N+](=C\C1CCC(CNCCNc3cccc4c3C(=O)N(C3CCC(=O)NC3=O)C4=O)CC1)N=2. The fraction of sp³-hybridized carbons (Fsp3) is 0.400. The summed E-state index contributed by atoms with van der Waals surface area (Å²) in [7, 11) is 0. The summed E-state index contributed by atoms with van der Waals surface area (Å²) in [6.07, 6.45) is 3.16. The van der Waals surface area contributed by atoms with Crippen molar-refractivity contribution in [2.75, 3.05) is 30.3 Å². The number of imide groups is 2. The van der Waals surface area contributed by atoms with Gasteiger partial charge in [-0.25, -0.2) is 4.98 Å². The maximum absolute atomic E-state index is 13.3. The molecule has 1 saturated heterocycles. The van der Waals surface area contributed by atoms with Crippen molar-refractivity contribution in [2.24, 2.45) is 16.9 Å². The van der Waals surface area contributed by atoms with Crippen LogP contribution in [-0.2, 0) is 21.4 Å². The number of anilines is 2. The van der Waals surface area contributed by atoms with Gasteiger partial charge in [-0.05, 0) is 94.8 Å². The Bertz CT molecular complexity index is 2310. The van der Waals surface area contributed by atoms with Gasteiger partial charge in [0.1, 0.15) is 22.8 Å². The van der Waals surface area contributed by atoms with Gasteiger partial charge in [0.15, 0.2) is 6.21 Å². The van der Waals surface area contributed by atoms with Gasteiger partial charge in [-0.1, -0.05) is 16.8 Å². The van der Waals surface area contributed by atoms with Crippen LogP contribution in [0.4, 0.5) is 24.5 Å². The molecular weight excluding hydrogens is 745 g/mol. The van der Waals surface area contributed by atoms with E-state index in [-0.39, 0.29) is 35.6 Å². The molecule has 3 aromatic rings. The van der Waals surface area contributed by atoms with Crippen molar-refractivity contribution in [3.8, 4) is 0 Å². The maximum atomic E-state index is 13.3. The number of piperidine rings is 1. The van der Waals surface area contributed by atoms with Gasteiger partial charge in [0, 0.05) is 47.5 Å². The molecule has 57 heavy (non-hydrogen) atoms. The third kappa shape index (κ3) is 8.49. The average Bonchev–Trinajstić information content (AvgIpc) is 3.67. The van der Waals surface area contributed by atoms with Crippen molar-refractivity contribution in [2.45, 2.75) is 70.2 Å². The minimum Gasteiger partial charge on any atom is -0.386 e. The quantitative estimate of drug-likeness (QED) is 0.111. The predicted octanol–water partition coefficient (Wildman–Crippen LogP) is 2.86. The minimum absolute atomic E-state index is 0.0530. The van der Waals surface area contributed by atoms with Crippen molar-refractivity contribution < 1.29 is 46.9 Å². The Morgan fingerprint density at radius 1 is 0.982 bits per heavy atom. The Kier molecular flexibility index (Phi) is 10.8. The normalized spacial score (nSPS) is 21.5. The van der Waals surface area contributed by atoms with Crippen LogP contribution in [0.3, 0.4) is 0 Å². The summed E-state index contributed by atoms with van der Waals surface area (Å²) < 4.78 is 41.3. The van der Waals surface area contributed by atoms with Crippen molar-refractivity contribution in [3.63, 3.8) is 0 Å². The number of carbonyl (C=O) groups excluding carboxylic acids is 5. The molecule has 2 aromatic carbocycles. The summed E-state index contributed by atoms with van der Waals surface area (Å²) in [4.78, 5) is 67.9. The first kappa shape index (κ1) is 39.4. The number of halogens is 3. The standard InChI is InChI=1S/C40H41F3N8O6/c1-39(2,57)26-18-29-24(17-30(26)47-35(53)28-7-4-8-32(46-28)40(41,42)43)21-50(49-29)20-23-11-9-22(10-12-23)19-44-15-16-45-27-6-3-5-25-34(27)38(56)51(37(25)55)31-13-14-33(52)48-36(31)54/h3-8,17-18,20-23,31,44,57H,9-16,19H2,1-2H3,(H2-,45,47,48,52,53,54,56)/p+1/b50-20+. The number of rotatable bonds is 11. The molecule has 14 nitrogen and oxygen atoms in total. The van der Waals surface area contributed by atoms with Crippen LogP contribution in [0.5, 0.6) is 0 Å². The van der Waals surface area contributed by atoms with Crippen LogP contribution in [0.2, 0.25) is 0 Å². The molecule has 1 saturated carbocycles. The fourth-order valence-electron chi connectivity index (χ4n) is 7.69. The number of fused-ring (bicyclic) bond motifs is 2. The number of alkyl halides is 3. The van der Waals surface area contributed by atoms with Crippen LogP contribution in [0.25, 0.3) is 6.20 Å². The third-order valence-corrected chi connectivity index (χ3v) is 10.6. The van der Waals surface area contributed by atoms with Gasteiger partial charge in [0.05, 0.1) is 21.9 Å². The molecule has 1 atom stereocenters. The summed E-state index contributed by atoms with van der Waals surface area (Å²) in [5.74, 6) is -2.31. The highest BCUT2D eigenvalue weighted by Crippen LogP contribution is 2.33. The van der Waals surface area contributed by atoms with Crippen molar-refractivity contribution in [1.29, 1.82) is 0 Å². The zero-order valence-corrected chi connectivity index (χ0v) is 31.3. The van der Waals surface area contributed by atoms with E-state index < -0.39 is 58.7 Å². The maximum Gasteiger partial charge on any atom is 0.433 e. The topological polar surface area (TPSA) is 185 Å². The molecule has 17 heteroatoms. The van der Waals surface area contributed by atoms with Crippen LogP contribution in [0, 0.1) is 11.8 Å². The number of amides is 5. The molecule has 0 radical (unpaired) electrons. The monoisotopic (exact) mass is 787 g/mol. The van der Waals surface area contributed by atoms with Gasteiger partial charge in [0.2, 0.25) is 18.0 Å². The molecule has 2 fully saturated rings. The van der Waals surface area contributed by atoms with E-state index in [1.54, 1.807) is 55.1 Å². The second-order valence-corrected chi connectivity index (χ2v) is 15.2. The van der Waals surface area contributed by atoms with Crippen LogP contribution >= 0.6 is 0 Å².